The fourth-order valence-electron chi connectivity index (χ4n) is 2.04. The third kappa shape index (κ3) is 2.60. The minimum Gasteiger partial charge on any atom is -0.469 e. The lowest BCUT2D eigenvalue weighted by molar-refractivity contribution is -0.145. The van der Waals surface area contributed by atoms with E-state index in [1.165, 1.54) is 7.11 Å². The number of methoxy groups -OCH3 is 1. The number of amides is 1. The van der Waals surface area contributed by atoms with E-state index in [0.717, 1.165) is 11.0 Å². The lowest BCUT2D eigenvalue weighted by Gasteiger charge is -2.18. The first-order valence-electron chi connectivity index (χ1n) is 5.46. The van der Waals surface area contributed by atoms with E-state index in [0.29, 0.717) is 6.07 Å². The summed E-state index contributed by atoms with van der Waals surface area (Å²) in [5.74, 6) is -3.15. The molecular formula is C12H10BrF2NO3. The molecule has 1 unspecified atom stereocenters. The third-order valence-corrected chi connectivity index (χ3v) is 3.52. The molecule has 1 heterocycles. The molecule has 1 aliphatic rings. The molecule has 2 rings (SSSR count). The standard InChI is InChI=1S/C12H10BrF2NO3/c1-19-12(18)6-2-10(17)16(5-6)11-8(13)3-7(14)4-9(11)15/h3-4,6H,2,5H2,1H3. The number of halogens is 3. The number of rotatable bonds is 2. The largest absolute Gasteiger partial charge is 0.469 e. The van der Waals surface area contributed by atoms with Crippen LogP contribution in [0.25, 0.3) is 0 Å². The molecule has 1 amide bonds. The minimum absolute atomic E-state index is 0.0205. The van der Waals surface area contributed by atoms with Crippen LogP contribution >= 0.6 is 15.9 Å². The van der Waals surface area contributed by atoms with E-state index in [9.17, 15) is 18.4 Å². The van der Waals surface area contributed by atoms with Crippen molar-refractivity contribution in [3.8, 4) is 0 Å². The highest BCUT2D eigenvalue weighted by atomic mass is 79.9. The van der Waals surface area contributed by atoms with E-state index in [2.05, 4.69) is 20.7 Å². The molecule has 1 fully saturated rings. The van der Waals surface area contributed by atoms with Gasteiger partial charge in [0, 0.05) is 23.5 Å². The van der Waals surface area contributed by atoms with E-state index >= 15 is 0 Å². The number of carbonyl (C=O) groups is 2. The lowest BCUT2D eigenvalue weighted by atomic mass is 10.1. The van der Waals surface area contributed by atoms with Gasteiger partial charge in [-0.3, -0.25) is 9.59 Å². The van der Waals surface area contributed by atoms with Crippen molar-refractivity contribution in [2.24, 2.45) is 5.92 Å². The average Bonchev–Trinajstić information content (AvgIpc) is 2.69. The van der Waals surface area contributed by atoms with Gasteiger partial charge in [0.05, 0.1) is 18.7 Å². The predicted molar refractivity (Wildman–Crippen MR) is 66.5 cm³/mol. The van der Waals surface area contributed by atoms with Crippen LogP contribution in [0, 0.1) is 17.6 Å². The Morgan fingerprint density at radius 2 is 2.16 bits per heavy atom. The van der Waals surface area contributed by atoms with Crippen LogP contribution < -0.4 is 4.90 Å². The Morgan fingerprint density at radius 3 is 2.74 bits per heavy atom. The molecule has 0 saturated carbocycles. The molecule has 0 N–H and O–H groups in total. The zero-order chi connectivity index (χ0) is 14.2. The smallest absolute Gasteiger partial charge is 0.311 e. The van der Waals surface area contributed by atoms with Crippen molar-refractivity contribution >= 4 is 33.5 Å². The monoisotopic (exact) mass is 333 g/mol. The maximum Gasteiger partial charge on any atom is 0.311 e. The number of hydrogen-bond donors (Lipinski definition) is 0. The highest BCUT2D eigenvalue weighted by Crippen LogP contribution is 2.34. The molecule has 0 aromatic heterocycles. The van der Waals surface area contributed by atoms with E-state index in [1.807, 2.05) is 0 Å². The molecule has 1 atom stereocenters. The van der Waals surface area contributed by atoms with Crippen molar-refractivity contribution in [1.82, 2.24) is 0 Å². The molecule has 1 aliphatic heterocycles. The van der Waals surface area contributed by atoms with Gasteiger partial charge in [-0.15, -0.1) is 0 Å². The van der Waals surface area contributed by atoms with Crippen molar-refractivity contribution in [2.45, 2.75) is 6.42 Å². The summed E-state index contributed by atoms with van der Waals surface area (Å²) in [6.07, 6.45) is -0.0457. The first kappa shape index (κ1) is 13.9. The van der Waals surface area contributed by atoms with E-state index in [4.69, 9.17) is 0 Å². The van der Waals surface area contributed by atoms with Gasteiger partial charge in [-0.25, -0.2) is 8.78 Å². The maximum atomic E-state index is 13.8. The van der Waals surface area contributed by atoms with Crippen LogP contribution in [0.4, 0.5) is 14.5 Å². The zero-order valence-electron chi connectivity index (χ0n) is 9.95. The van der Waals surface area contributed by atoms with Crippen LogP contribution in [0.2, 0.25) is 0 Å². The highest BCUT2D eigenvalue weighted by Gasteiger charge is 2.37. The summed E-state index contributed by atoms with van der Waals surface area (Å²) >= 11 is 3.02. The summed E-state index contributed by atoms with van der Waals surface area (Å²) in [6.45, 7) is 0.0205. The van der Waals surface area contributed by atoms with Crippen LogP contribution in [-0.2, 0) is 14.3 Å². The number of anilines is 1. The topological polar surface area (TPSA) is 46.6 Å². The molecule has 1 aromatic carbocycles. The van der Waals surface area contributed by atoms with Crippen LogP contribution in [0.5, 0.6) is 0 Å². The van der Waals surface area contributed by atoms with Gasteiger partial charge in [0.2, 0.25) is 5.91 Å². The molecule has 0 bridgehead atoms. The second kappa shape index (κ2) is 5.24. The predicted octanol–water partition coefficient (Wildman–Crippen LogP) is 2.25. The van der Waals surface area contributed by atoms with Gasteiger partial charge in [0.1, 0.15) is 5.82 Å². The van der Waals surface area contributed by atoms with Crippen LogP contribution in [0.3, 0.4) is 0 Å². The second-order valence-electron chi connectivity index (χ2n) is 4.15. The molecule has 0 spiro atoms. The summed E-state index contributed by atoms with van der Waals surface area (Å²) < 4.78 is 31.5. The first-order chi connectivity index (χ1) is 8.93. The second-order valence-corrected chi connectivity index (χ2v) is 5.00. The van der Waals surface area contributed by atoms with Gasteiger partial charge < -0.3 is 9.64 Å². The number of benzene rings is 1. The van der Waals surface area contributed by atoms with Gasteiger partial charge in [-0.1, -0.05) is 0 Å². The summed E-state index contributed by atoms with van der Waals surface area (Å²) in [5, 5.41) is 0. The quantitative estimate of drug-likeness (QED) is 0.780. The molecule has 1 aromatic rings. The molecule has 7 heteroatoms. The Morgan fingerprint density at radius 1 is 1.47 bits per heavy atom. The number of nitrogens with zero attached hydrogens (tertiary/aromatic N) is 1. The third-order valence-electron chi connectivity index (χ3n) is 2.91. The van der Waals surface area contributed by atoms with E-state index in [-0.39, 0.29) is 23.1 Å². The van der Waals surface area contributed by atoms with Crippen LogP contribution in [0.1, 0.15) is 6.42 Å². The van der Waals surface area contributed by atoms with Gasteiger partial charge >= 0.3 is 5.97 Å². The Balaban J connectivity index is 2.33. The molecule has 0 aliphatic carbocycles. The Hall–Kier alpha value is -1.50. The van der Waals surface area contributed by atoms with Crippen molar-refractivity contribution in [2.75, 3.05) is 18.6 Å². The zero-order valence-corrected chi connectivity index (χ0v) is 11.5. The molecule has 4 nitrogen and oxygen atoms in total. The SMILES string of the molecule is COC(=O)C1CC(=O)N(c2c(F)cc(F)cc2Br)C1. The number of ether oxygens (including phenoxy) is 1. The van der Waals surface area contributed by atoms with Gasteiger partial charge in [-0.2, -0.15) is 0 Å². The number of esters is 1. The lowest BCUT2D eigenvalue weighted by Crippen LogP contribution is -2.27. The fourth-order valence-corrected chi connectivity index (χ4v) is 2.66. The maximum absolute atomic E-state index is 13.8. The van der Waals surface area contributed by atoms with Gasteiger partial charge in [0.15, 0.2) is 5.82 Å². The summed E-state index contributed by atoms with van der Waals surface area (Å²) in [6, 6.07) is 1.76. The van der Waals surface area contributed by atoms with Crippen molar-refractivity contribution in [3.63, 3.8) is 0 Å². The van der Waals surface area contributed by atoms with Crippen LogP contribution in [0.15, 0.2) is 16.6 Å². The van der Waals surface area contributed by atoms with Crippen molar-refractivity contribution in [3.05, 3.63) is 28.2 Å². The fraction of sp³-hybridized carbons (Fsp3) is 0.333. The first-order valence-corrected chi connectivity index (χ1v) is 6.26. The molecular weight excluding hydrogens is 324 g/mol. The molecule has 1 saturated heterocycles. The number of carbonyl (C=O) groups excluding carboxylic acids is 2. The summed E-state index contributed by atoms with van der Waals surface area (Å²) in [5.41, 5.74) is -0.0576. The van der Waals surface area contributed by atoms with Gasteiger partial charge in [-0.05, 0) is 22.0 Å². The normalized spacial score (nSPS) is 18.8. The summed E-state index contributed by atoms with van der Waals surface area (Å²) in [7, 11) is 1.23. The van der Waals surface area contributed by atoms with Gasteiger partial charge in [0.25, 0.3) is 0 Å². The van der Waals surface area contributed by atoms with Crippen LogP contribution in [-0.4, -0.2) is 25.5 Å². The van der Waals surface area contributed by atoms with E-state index in [1.54, 1.807) is 0 Å². The van der Waals surface area contributed by atoms with E-state index < -0.39 is 29.4 Å². The minimum atomic E-state index is -0.856. The Labute approximate surface area is 116 Å². The average molecular weight is 334 g/mol. The summed E-state index contributed by atoms with van der Waals surface area (Å²) in [4.78, 5) is 24.4. The number of hydrogen-bond acceptors (Lipinski definition) is 3. The van der Waals surface area contributed by atoms with Crippen molar-refractivity contribution in [1.29, 1.82) is 0 Å². The van der Waals surface area contributed by atoms with Crippen molar-refractivity contribution < 1.29 is 23.1 Å². The Kier molecular flexibility index (Phi) is 3.84. The highest BCUT2D eigenvalue weighted by molar-refractivity contribution is 9.10. The molecule has 19 heavy (non-hydrogen) atoms. The molecule has 102 valence electrons. The molecule has 0 radical (unpaired) electrons. The Bertz CT molecular complexity index is 527.